The van der Waals surface area contributed by atoms with Gasteiger partial charge in [0.05, 0.1) is 0 Å². The van der Waals surface area contributed by atoms with Crippen LogP contribution in [0.2, 0.25) is 0 Å². The van der Waals surface area contributed by atoms with Crippen LogP contribution in [0.4, 0.5) is 0 Å². The van der Waals surface area contributed by atoms with Crippen molar-refractivity contribution in [2.45, 2.75) is 12.2 Å². The molecule has 0 spiro atoms. The van der Waals surface area contributed by atoms with E-state index in [1.807, 2.05) is 24.3 Å². The molecule has 0 bridgehead atoms. The Labute approximate surface area is 102 Å². The highest BCUT2D eigenvalue weighted by Crippen LogP contribution is 2.19. The molecule has 0 aromatic heterocycles. The Hall–Kier alpha value is -0.420. The molecule has 2 N–H and O–H groups in total. The predicted octanol–water partition coefficient (Wildman–Crippen LogP) is 1.94. The lowest BCUT2D eigenvalue weighted by Crippen LogP contribution is -2.43. The lowest BCUT2D eigenvalue weighted by molar-refractivity contribution is -0.197. The van der Waals surface area contributed by atoms with Gasteiger partial charge in [-0.25, -0.2) is 0 Å². The molecular weight excluding hydrogens is 258 g/mol. The smallest absolute Gasteiger partial charge is 0.183 e. The average molecular weight is 276 g/mol. The molecule has 0 saturated carbocycles. The third-order valence-electron chi connectivity index (χ3n) is 2.23. The van der Waals surface area contributed by atoms with Crippen molar-refractivity contribution in [1.29, 1.82) is 0 Å². The van der Waals surface area contributed by atoms with Gasteiger partial charge in [0, 0.05) is 34.4 Å². The van der Waals surface area contributed by atoms with Crippen LogP contribution in [0, 0.1) is 0 Å². The third kappa shape index (κ3) is 3.28. The molecule has 0 unspecified atom stereocenters. The summed E-state index contributed by atoms with van der Waals surface area (Å²) in [6.07, 6.45) is 0.233. The number of ether oxygens (including phenoxy) is 2. The average Bonchev–Trinajstić information content (AvgIpc) is 2.27. The fourth-order valence-electron chi connectivity index (χ4n) is 1.27. The molecule has 0 aliphatic carbocycles. The van der Waals surface area contributed by atoms with Crippen molar-refractivity contribution in [3.05, 3.63) is 34.3 Å². The highest BCUT2D eigenvalue weighted by atomic mass is 79.9. The van der Waals surface area contributed by atoms with E-state index in [2.05, 4.69) is 15.9 Å². The Morgan fingerprint density at radius 3 is 2.27 bits per heavy atom. The van der Waals surface area contributed by atoms with E-state index in [-0.39, 0.29) is 6.42 Å². The lowest BCUT2D eigenvalue weighted by atomic mass is 10.1. The standard InChI is InChI=1S/C11H16BrNO2/c1-14-11(8-13,15-2)7-9-3-5-10(12)6-4-9/h3-6H,7-8,13H2,1-2H3/i8D2. The molecule has 1 rings (SSSR count). The minimum atomic E-state index is -2.09. The van der Waals surface area contributed by atoms with E-state index in [1.54, 1.807) is 0 Å². The fourth-order valence-corrected chi connectivity index (χ4v) is 1.53. The van der Waals surface area contributed by atoms with Gasteiger partial charge in [-0.1, -0.05) is 28.1 Å². The second-order valence-corrected chi connectivity index (χ2v) is 4.02. The van der Waals surface area contributed by atoms with Crippen molar-refractivity contribution in [3.8, 4) is 0 Å². The molecule has 1 aromatic rings. The molecule has 0 heterocycles. The molecule has 15 heavy (non-hydrogen) atoms. The van der Waals surface area contributed by atoms with Gasteiger partial charge in [0.1, 0.15) is 0 Å². The maximum atomic E-state index is 7.61. The number of methoxy groups -OCH3 is 2. The number of hydrogen-bond donors (Lipinski definition) is 1. The molecule has 0 aliphatic heterocycles. The van der Waals surface area contributed by atoms with E-state index in [9.17, 15) is 0 Å². The van der Waals surface area contributed by atoms with Crippen LogP contribution in [0.15, 0.2) is 28.7 Å². The molecule has 1 aromatic carbocycles. The highest BCUT2D eigenvalue weighted by molar-refractivity contribution is 9.10. The van der Waals surface area contributed by atoms with Gasteiger partial charge < -0.3 is 15.2 Å². The maximum Gasteiger partial charge on any atom is 0.183 e. The van der Waals surface area contributed by atoms with Gasteiger partial charge in [0.2, 0.25) is 0 Å². The summed E-state index contributed by atoms with van der Waals surface area (Å²) in [5.41, 5.74) is 6.37. The first-order valence-corrected chi connectivity index (χ1v) is 5.27. The normalized spacial score (nSPS) is 14.7. The van der Waals surface area contributed by atoms with Gasteiger partial charge in [-0.2, -0.15) is 0 Å². The Balaban J connectivity index is 2.98. The first kappa shape index (κ1) is 9.78. The molecule has 0 radical (unpaired) electrons. The second kappa shape index (κ2) is 5.61. The van der Waals surface area contributed by atoms with Crippen LogP contribution in [0.25, 0.3) is 0 Å². The molecule has 3 nitrogen and oxygen atoms in total. The minimum Gasteiger partial charge on any atom is -0.352 e. The van der Waals surface area contributed by atoms with E-state index in [0.717, 1.165) is 10.0 Å². The summed E-state index contributed by atoms with van der Waals surface area (Å²) in [6, 6.07) is 7.47. The first-order valence-electron chi connectivity index (χ1n) is 5.48. The Morgan fingerprint density at radius 1 is 1.33 bits per heavy atom. The zero-order chi connectivity index (χ0) is 13.1. The largest absolute Gasteiger partial charge is 0.352 e. The van der Waals surface area contributed by atoms with Crippen molar-refractivity contribution in [2.75, 3.05) is 20.7 Å². The van der Waals surface area contributed by atoms with Crippen LogP contribution in [0.1, 0.15) is 8.30 Å². The number of hydrogen-bond acceptors (Lipinski definition) is 3. The Morgan fingerprint density at radius 2 is 1.87 bits per heavy atom. The van der Waals surface area contributed by atoms with E-state index in [4.69, 9.17) is 17.9 Å². The highest BCUT2D eigenvalue weighted by Gasteiger charge is 2.27. The van der Waals surface area contributed by atoms with Crippen LogP contribution in [0.3, 0.4) is 0 Å². The maximum absolute atomic E-state index is 7.61. The zero-order valence-electron chi connectivity index (χ0n) is 10.8. The summed E-state index contributed by atoms with van der Waals surface area (Å²) in [4.78, 5) is 0. The lowest BCUT2D eigenvalue weighted by Gasteiger charge is -2.29. The molecule has 84 valence electrons. The number of benzene rings is 1. The third-order valence-corrected chi connectivity index (χ3v) is 2.76. The summed E-state index contributed by atoms with van der Waals surface area (Å²) in [7, 11) is 2.76. The van der Waals surface area contributed by atoms with E-state index in [1.165, 1.54) is 14.2 Å². The van der Waals surface area contributed by atoms with Gasteiger partial charge >= 0.3 is 0 Å². The number of halogens is 1. The van der Waals surface area contributed by atoms with Crippen molar-refractivity contribution < 1.29 is 12.2 Å². The van der Waals surface area contributed by atoms with Crippen LogP contribution < -0.4 is 5.73 Å². The van der Waals surface area contributed by atoms with Crippen LogP contribution in [0.5, 0.6) is 0 Å². The van der Waals surface area contributed by atoms with E-state index >= 15 is 0 Å². The van der Waals surface area contributed by atoms with Crippen molar-refractivity contribution >= 4 is 15.9 Å². The van der Waals surface area contributed by atoms with Gasteiger partial charge in [-0.3, -0.25) is 0 Å². The van der Waals surface area contributed by atoms with Crippen molar-refractivity contribution in [3.63, 3.8) is 0 Å². The molecule has 0 fully saturated rings. The molecule has 0 saturated heterocycles. The summed E-state index contributed by atoms with van der Waals surface area (Å²) in [6.45, 7) is -2.09. The zero-order valence-corrected chi connectivity index (χ0v) is 10.4. The quantitative estimate of drug-likeness (QED) is 0.836. The fraction of sp³-hybridized carbons (Fsp3) is 0.455. The SMILES string of the molecule is [2H]C([2H])(N)C(Cc1ccc(Br)cc1)(OC)OC. The number of nitrogens with two attached hydrogens (primary N) is 1. The van der Waals surface area contributed by atoms with Crippen LogP contribution in [-0.2, 0) is 15.9 Å². The Bertz CT molecular complexity index is 361. The monoisotopic (exact) mass is 275 g/mol. The molecule has 0 amide bonds. The first-order chi connectivity index (χ1) is 7.84. The molecule has 0 atom stereocenters. The second-order valence-electron chi connectivity index (χ2n) is 3.11. The van der Waals surface area contributed by atoms with Gasteiger partial charge in [-0.05, 0) is 17.7 Å². The Kier molecular flexibility index (Phi) is 3.66. The predicted molar refractivity (Wildman–Crippen MR) is 63.6 cm³/mol. The number of rotatable bonds is 5. The van der Waals surface area contributed by atoms with Crippen molar-refractivity contribution in [2.24, 2.45) is 5.73 Å². The summed E-state index contributed by atoms with van der Waals surface area (Å²) < 4.78 is 26.5. The van der Waals surface area contributed by atoms with Crippen LogP contribution >= 0.6 is 15.9 Å². The molecule has 4 heteroatoms. The van der Waals surface area contributed by atoms with E-state index < -0.39 is 12.3 Å². The van der Waals surface area contributed by atoms with Gasteiger partial charge in [0.25, 0.3) is 0 Å². The topological polar surface area (TPSA) is 44.5 Å². The molecule has 0 aliphatic rings. The summed E-state index contributed by atoms with van der Waals surface area (Å²) in [5, 5.41) is 0. The van der Waals surface area contributed by atoms with Crippen LogP contribution in [-0.4, -0.2) is 26.5 Å². The molecular formula is C11H16BrNO2. The summed E-state index contributed by atoms with van der Waals surface area (Å²) in [5.74, 6) is -1.49. The minimum absolute atomic E-state index is 0.233. The van der Waals surface area contributed by atoms with Gasteiger partial charge in [-0.15, -0.1) is 0 Å². The summed E-state index contributed by atoms with van der Waals surface area (Å²) >= 11 is 3.34. The van der Waals surface area contributed by atoms with Gasteiger partial charge in [0.15, 0.2) is 5.79 Å². The van der Waals surface area contributed by atoms with E-state index in [0.29, 0.717) is 0 Å². The van der Waals surface area contributed by atoms with Crippen molar-refractivity contribution in [1.82, 2.24) is 0 Å².